The number of rotatable bonds is 4. The Hall–Kier alpha value is -1.89. The third-order valence-electron chi connectivity index (χ3n) is 4.84. The predicted molar refractivity (Wildman–Crippen MR) is 95.7 cm³/mol. The van der Waals surface area contributed by atoms with E-state index in [-0.39, 0.29) is 22.5 Å². The molecule has 0 unspecified atom stereocenters. The zero-order valence-corrected chi connectivity index (χ0v) is 15.5. The van der Waals surface area contributed by atoms with Crippen LogP contribution in [0.1, 0.15) is 36.5 Å². The lowest BCUT2D eigenvalue weighted by atomic mass is 10.1. The monoisotopic (exact) mass is 364 g/mol. The minimum Gasteiger partial charge on any atom is -0.369 e. The number of hydrogen-bond donors (Lipinski definition) is 0. The van der Waals surface area contributed by atoms with Crippen LogP contribution in [0, 0.1) is 5.92 Å². The first-order chi connectivity index (χ1) is 11.8. The maximum absolute atomic E-state index is 12.3. The van der Waals surface area contributed by atoms with Gasteiger partial charge in [0.15, 0.2) is 15.6 Å². The standard InChI is InChI=1S/C18H24N2O4S/c1-13(21)15-6-7-17(25(2,23)24)16(12-15)19-8-3-9-20(11-10-19)18(22)14-4-5-14/h6-7,12,14H,3-5,8-11H2,1-2H3. The fraction of sp³-hybridized carbons (Fsp3) is 0.556. The van der Waals surface area contributed by atoms with Gasteiger partial charge in [0.2, 0.25) is 5.91 Å². The number of amides is 1. The lowest BCUT2D eigenvalue weighted by molar-refractivity contribution is -0.132. The molecule has 1 aliphatic carbocycles. The Morgan fingerprint density at radius 2 is 1.80 bits per heavy atom. The third-order valence-corrected chi connectivity index (χ3v) is 5.98. The Labute approximate surface area is 148 Å². The number of nitrogens with zero attached hydrogens (tertiary/aromatic N) is 2. The van der Waals surface area contributed by atoms with Crippen molar-refractivity contribution in [2.75, 3.05) is 37.3 Å². The molecule has 3 rings (SSSR count). The lowest BCUT2D eigenvalue weighted by Crippen LogP contribution is -2.36. The van der Waals surface area contributed by atoms with Crippen molar-refractivity contribution in [2.24, 2.45) is 5.92 Å². The summed E-state index contributed by atoms with van der Waals surface area (Å²) < 4.78 is 24.3. The van der Waals surface area contributed by atoms with Gasteiger partial charge in [0.1, 0.15) is 0 Å². The van der Waals surface area contributed by atoms with E-state index < -0.39 is 9.84 Å². The summed E-state index contributed by atoms with van der Waals surface area (Å²) in [5, 5.41) is 0. The van der Waals surface area contributed by atoms with Gasteiger partial charge in [0.05, 0.1) is 10.6 Å². The molecular weight excluding hydrogens is 340 g/mol. The molecule has 0 aromatic heterocycles. The van der Waals surface area contributed by atoms with Crippen molar-refractivity contribution in [3.8, 4) is 0 Å². The fourth-order valence-electron chi connectivity index (χ4n) is 3.26. The van der Waals surface area contributed by atoms with Crippen molar-refractivity contribution in [3.05, 3.63) is 23.8 Å². The first kappa shape index (κ1) is 17.9. The van der Waals surface area contributed by atoms with Crippen LogP contribution in [0.5, 0.6) is 0 Å². The summed E-state index contributed by atoms with van der Waals surface area (Å²) in [6, 6.07) is 4.74. The molecule has 1 saturated heterocycles. The number of carbonyl (C=O) groups excluding carboxylic acids is 2. The van der Waals surface area contributed by atoms with Crippen LogP contribution in [0.3, 0.4) is 0 Å². The molecule has 7 heteroatoms. The van der Waals surface area contributed by atoms with Gasteiger partial charge in [-0.25, -0.2) is 8.42 Å². The summed E-state index contributed by atoms with van der Waals surface area (Å²) in [7, 11) is -3.40. The molecule has 0 atom stereocenters. The van der Waals surface area contributed by atoms with E-state index >= 15 is 0 Å². The van der Waals surface area contributed by atoms with Crippen LogP contribution in [-0.4, -0.2) is 57.4 Å². The van der Waals surface area contributed by atoms with E-state index in [1.54, 1.807) is 12.1 Å². The molecule has 136 valence electrons. The molecule has 1 heterocycles. The molecule has 25 heavy (non-hydrogen) atoms. The minimum atomic E-state index is -3.40. The second kappa shape index (κ2) is 6.78. The number of ketones is 1. The van der Waals surface area contributed by atoms with Crippen LogP contribution >= 0.6 is 0 Å². The van der Waals surface area contributed by atoms with E-state index in [1.807, 2.05) is 9.80 Å². The average molecular weight is 364 g/mol. The SMILES string of the molecule is CC(=O)c1ccc(S(C)(=O)=O)c(N2CCCN(C(=O)C3CC3)CC2)c1. The highest BCUT2D eigenvalue weighted by atomic mass is 32.2. The zero-order chi connectivity index (χ0) is 18.2. The van der Waals surface area contributed by atoms with Gasteiger partial charge in [-0.3, -0.25) is 9.59 Å². The highest BCUT2D eigenvalue weighted by Crippen LogP contribution is 2.32. The molecule has 1 aromatic rings. The maximum atomic E-state index is 12.3. The predicted octanol–water partition coefficient (Wildman–Crippen LogP) is 1.74. The highest BCUT2D eigenvalue weighted by Gasteiger charge is 2.34. The van der Waals surface area contributed by atoms with Crippen molar-refractivity contribution in [1.29, 1.82) is 0 Å². The van der Waals surface area contributed by atoms with Crippen molar-refractivity contribution >= 4 is 27.2 Å². The summed E-state index contributed by atoms with van der Waals surface area (Å²) in [4.78, 5) is 28.1. The summed E-state index contributed by atoms with van der Waals surface area (Å²) in [5.74, 6) is 0.323. The Balaban J connectivity index is 1.88. The van der Waals surface area contributed by atoms with Crippen LogP contribution < -0.4 is 4.90 Å². The number of hydrogen-bond acceptors (Lipinski definition) is 5. The van der Waals surface area contributed by atoms with Gasteiger partial charge in [0, 0.05) is 43.9 Å². The smallest absolute Gasteiger partial charge is 0.225 e. The number of sulfone groups is 1. The van der Waals surface area contributed by atoms with Crippen LogP contribution in [0.4, 0.5) is 5.69 Å². The van der Waals surface area contributed by atoms with Crippen molar-refractivity contribution in [2.45, 2.75) is 31.1 Å². The molecular formula is C18H24N2O4S. The van der Waals surface area contributed by atoms with E-state index in [0.29, 0.717) is 37.4 Å². The Morgan fingerprint density at radius 1 is 1.08 bits per heavy atom. The number of benzene rings is 1. The lowest BCUT2D eigenvalue weighted by Gasteiger charge is -2.26. The number of anilines is 1. The Bertz CT molecular complexity index is 799. The molecule has 6 nitrogen and oxygen atoms in total. The molecule has 1 aromatic carbocycles. The van der Waals surface area contributed by atoms with E-state index in [4.69, 9.17) is 0 Å². The van der Waals surface area contributed by atoms with Gasteiger partial charge in [-0.2, -0.15) is 0 Å². The quantitative estimate of drug-likeness (QED) is 0.761. The van der Waals surface area contributed by atoms with Gasteiger partial charge in [0.25, 0.3) is 0 Å². The normalized spacial score (nSPS) is 18.8. The van der Waals surface area contributed by atoms with Crippen LogP contribution in [0.2, 0.25) is 0 Å². The first-order valence-corrected chi connectivity index (χ1v) is 10.6. The van der Waals surface area contributed by atoms with Gasteiger partial charge < -0.3 is 9.80 Å². The summed E-state index contributed by atoms with van der Waals surface area (Å²) in [6.07, 6.45) is 3.93. The summed E-state index contributed by atoms with van der Waals surface area (Å²) in [6.45, 7) is 3.99. The van der Waals surface area contributed by atoms with Gasteiger partial charge >= 0.3 is 0 Å². The first-order valence-electron chi connectivity index (χ1n) is 8.66. The van der Waals surface area contributed by atoms with E-state index in [1.165, 1.54) is 19.2 Å². The molecule has 0 bridgehead atoms. The van der Waals surface area contributed by atoms with Crippen molar-refractivity contribution in [1.82, 2.24) is 4.90 Å². The molecule has 0 radical (unpaired) electrons. The third kappa shape index (κ3) is 4.03. The average Bonchev–Trinajstić information content (AvgIpc) is 3.39. The zero-order valence-electron chi connectivity index (χ0n) is 14.7. The highest BCUT2D eigenvalue weighted by molar-refractivity contribution is 7.90. The second-order valence-corrected chi connectivity index (χ2v) is 8.94. The Morgan fingerprint density at radius 3 is 2.40 bits per heavy atom. The summed E-state index contributed by atoms with van der Waals surface area (Å²) >= 11 is 0. The van der Waals surface area contributed by atoms with Gasteiger partial charge in [-0.1, -0.05) is 0 Å². The molecule has 1 amide bonds. The maximum Gasteiger partial charge on any atom is 0.225 e. The van der Waals surface area contributed by atoms with Crippen molar-refractivity contribution in [3.63, 3.8) is 0 Å². The van der Waals surface area contributed by atoms with Crippen molar-refractivity contribution < 1.29 is 18.0 Å². The van der Waals surface area contributed by atoms with E-state index in [0.717, 1.165) is 19.3 Å². The van der Waals surface area contributed by atoms with Gasteiger partial charge in [-0.05, 0) is 44.4 Å². The summed E-state index contributed by atoms with van der Waals surface area (Å²) in [5.41, 5.74) is 1.06. The largest absolute Gasteiger partial charge is 0.369 e. The second-order valence-electron chi connectivity index (χ2n) is 6.95. The van der Waals surface area contributed by atoms with E-state index in [9.17, 15) is 18.0 Å². The topological polar surface area (TPSA) is 74.8 Å². The van der Waals surface area contributed by atoms with Crippen LogP contribution in [-0.2, 0) is 14.6 Å². The molecule has 0 N–H and O–H groups in total. The molecule has 2 aliphatic rings. The molecule has 2 fully saturated rings. The Kier molecular flexibility index (Phi) is 4.86. The fourth-order valence-corrected chi connectivity index (χ4v) is 4.15. The van der Waals surface area contributed by atoms with Crippen LogP contribution in [0.25, 0.3) is 0 Å². The molecule has 1 saturated carbocycles. The van der Waals surface area contributed by atoms with E-state index in [2.05, 4.69) is 0 Å². The van der Waals surface area contributed by atoms with Crippen LogP contribution in [0.15, 0.2) is 23.1 Å². The van der Waals surface area contributed by atoms with Gasteiger partial charge in [-0.15, -0.1) is 0 Å². The molecule has 0 spiro atoms. The number of Topliss-reactive ketones (excluding diaryl/α,β-unsaturated/α-hetero) is 1. The molecule has 1 aliphatic heterocycles. The minimum absolute atomic E-state index is 0.0957. The number of carbonyl (C=O) groups is 2.